The monoisotopic (exact) mass is 282 g/mol. The maximum atomic E-state index is 12.8. The number of carboxylic acid groups (broad SMARTS) is 1. The van der Waals surface area contributed by atoms with Crippen molar-refractivity contribution in [1.29, 1.82) is 0 Å². The lowest BCUT2D eigenvalue weighted by molar-refractivity contribution is -0.152. The predicted molar refractivity (Wildman–Crippen MR) is 76.4 cm³/mol. The van der Waals surface area contributed by atoms with Gasteiger partial charge < -0.3 is 14.9 Å². The first kappa shape index (κ1) is 15.3. The highest BCUT2D eigenvalue weighted by Crippen LogP contribution is 2.33. The summed E-state index contributed by atoms with van der Waals surface area (Å²) in [6.45, 7) is 1.66. The SMILES string of the molecule is CN(C)CC1CCCN1C(=O)C1CCCCC1C(=O)O. The molecular formula is C15H26N2O3. The van der Waals surface area contributed by atoms with Crippen LogP contribution in [0.25, 0.3) is 0 Å². The molecule has 1 amide bonds. The highest BCUT2D eigenvalue weighted by molar-refractivity contribution is 5.85. The van der Waals surface area contributed by atoms with E-state index >= 15 is 0 Å². The Morgan fingerprint density at radius 2 is 1.75 bits per heavy atom. The van der Waals surface area contributed by atoms with Gasteiger partial charge in [-0.2, -0.15) is 0 Å². The number of carbonyl (C=O) groups excluding carboxylic acids is 1. The Morgan fingerprint density at radius 1 is 1.10 bits per heavy atom. The molecule has 20 heavy (non-hydrogen) atoms. The van der Waals surface area contributed by atoms with Gasteiger partial charge in [-0.3, -0.25) is 9.59 Å². The predicted octanol–water partition coefficient (Wildman–Crippen LogP) is 1.43. The minimum Gasteiger partial charge on any atom is -0.481 e. The van der Waals surface area contributed by atoms with Crippen LogP contribution in [-0.2, 0) is 9.59 Å². The summed E-state index contributed by atoms with van der Waals surface area (Å²) in [6, 6.07) is 0.258. The molecule has 0 radical (unpaired) electrons. The summed E-state index contributed by atoms with van der Waals surface area (Å²) in [5, 5.41) is 9.33. The number of carbonyl (C=O) groups is 2. The summed E-state index contributed by atoms with van der Waals surface area (Å²) in [6.07, 6.45) is 5.37. The van der Waals surface area contributed by atoms with Gasteiger partial charge >= 0.3 is 5.97 Å². The van der Waals surface area contributed by atoms with Crippen LogP contribution in [0.5, 0.6) is 0 Å². The summed E-state index contributed by atoms with van der Waals surface area (Å²) >= 11 is 0. The van der Waals surface area contributed by atoms with Crippen molar-refractivity contribution in [1.82, 2.24) is 9.80 Å². The second kappa shape index (κ2) is 6.57. The minimum atomic E-state index is -0.800. The topological polar surface area (TPSA) is 60.9 Å². The number of rotatable bonds is 4. The van der Waals surface area contributed by atoms with Crippen molar-refractivity contribution in [2.45, 2.75) is 44.6 Å². The zero-order valence-electron chi connectivity index (χ0n) is 12.5. The largest absolute Gasteiger partial charge is 0.481 e. The number of hydrogen-bond donors (Lipinski definition) is 1. The maximum Gasteiger partial charge on any atom is 0.307 e. The highest BCUT2D eigenvalue weighted by Gasteiger charge is 2.40. The molecule has 114 valence electrons. The molecule has 2 rings (SSSR count). The van der Waals surface area contributed by atoms with Gasteiger partial charge in [0.15, 0.2) is 0 Å². The Kier molecular flexibility index (Phi) is 5.02. The van der Waals surface area contributed by atoms with Crippen LogP contribution in [-0.4, -0.2) is 60.0 Å². The summed E-state index contributed by atoms with van der Waals surface area (Å²) < 4.78 is 0. The van der Waals surface area contributed by atoms with Gasteiger partial charge in [0, 0.05) is 19.1 Å². The van der Waals surface area contributed by atoms with Gasteiger partial charge in [-0.15, -0.1) is 0 Å². The quantitative estimate of drug-likeness (QED) is 0.847. The molecule has 5 heteroatoms. The fourth-order valence-electron chi connectivity index (χ4n) is 3.67. The molecule has 1 saturated heterocycles. The number of hydrogen-bond acceptors (Lipinski definition) is 3. The van der Waals surface area contributed by atoms with E-state index in [0.29, 0.717) is 6.42 Å². The third kappa shape index (κ3) is 3.32. The Morgan fingerprint density at radius 3 is 2.35 bits per heavy atom. The average molecular weight is 282 g/mol. The Balaban J connectivity index is 2.06. The molecule has 1 N–H and O–H groups in total. The van der Waals surface area contributed by atoms with Crippen LogP contribution < -0.4 is 0 Å². The zero-order chi connectivity index (χ0) is 14.7. The van der Waals surface area contributed by atoms with Crippen molar-refractivity contribution in [3.05, 3.63) is 0 Å². The number of amides is 1. The van der Waals surface area contributed by atoms with Crippen molar-refractivity contribution in [3.8, 4) is 0 Å². The third-order valence-electron chi connectivity index (χ3n) is 4.64. The van der Waals surface area contributed by atoms with Gasteiger partial charge in [-0.05, 0) is 39.8 Å². The van der Waals surface area contributed by atoms with Crippen LogP contribution >= 0.6 is 0 Å². The van der Waals surface area contributed by atoms with Gasteiger partial charge in [0.25, 0.3) is 0 Å². The molecule has 3 unspecified atom stereocenters. The van der Waals surface area contributed by atoms with Gasteiger partial charge in [0.1, 0.15) is 0 Å². The molecule has 3 atom stereocenters. The smallest absolute Gasteiger partial charge is 0.307 e. The minimum absolute atomic E-state index is 0.0847. The van der Waals surface area contributed by atoms with Gasteiger partial charge in [0.2, 0.25) is 5.91 Å². The molecule has 0 spiro atoms. The standard InChI is InChI=1S/C15H26N2O3/c1-16(2)10-11-6-5-9-17(11)14(18)12-7-3-4-8-13(12)15(19)20/h11-13H,3-10H2,1-2H3,(H,19,20). The van der Waals surface area contributed by atoms with E-state index < -0.39 is 11.9 Å². The third-order valence-corrected chi connectivity index (χ3v) is 4.64. The highest BCUT2D eigenvalue weighted by atomic mass is 16.4. The second-order valence-electron chi connectivity index (χ2n) is 6.43. The van der Waals surface area contributed by atoms with Gasteiger partial charge in [0.05, 0.1) is 11.8 Å². The van der Waals surface area contributed by atoms with Gasteiger partial charge in [-0.1, -0.05) is 12.8 Å². The lowest BCUT2D eigenvalue weighted by Gasteiger charge is -2.34. The summed E-state index contributed by atoms with van der Waals surface area (Å²) in [5.41, 5.74) is 0. The Bertz CT molecular complexity index is 370. The first-order valence-electron chi connectivity index (χ1n) is 7.68. The maximum absolute atomic E-state index is 12.8. The first-order valence-corrected chi connectivity index (χ1v) is 7.68. The van der Waals surface area contributed by atoms with Crippen LogP contribution in [0.4, 0.5) is 0 Å². The average Bonchev–Trinajstić information content (AvgIpc) is 2.85. The molecule has 1 aliphatic heterocycles. The van der Waals surface area contributed by atoms with Crippen molar-refractivity contribution in [3.63, 3.8) is 0 Å². The molecule has 1 aliphatic carbocycles. The van der Waals surface area contributed by atoms with Crippen LogP contribution in [0, 0.1) is 11.8 Å². The van der Waals surface area contributed by atoms with E-state index in [9.17, 15) is 14.7 Å². The number of likely N-dealkylation sites (N-methyl/N-ethyl adjacent to an activating group) is 1. The molecule has 2 fully saturated rings. The molecule has 0 aromatic heterocycles. The van der Waals surface area contributed by atoms with E-state index in [2.05, 4.69) is 4.90 Å². The second-order valence-corrected chi connectivity index (χ2v) is 6.43. The van der Waals surface area contributed by atoms with E-state index in [0.717, 1.165) is 45.2 Å². The fourth-order valence-corrected chi connectivity index (χ4v) is 3.67. The first-order chi connectivity index (χ1) is 9.50. The van der Waals surface area contributed by atoms with Crippen molar-refractivity contribution in [2.75, 3.05) is 27.2 Å². The molecule has 2 aliphatic rings. The van der Waals surface area contributed by atoms with E-state index in [1.54, 1.807) is 0 Å². The summed E-state index contributed by atoms with van der Waals surface area (Å²) in [5.74, 6) is -1.49. The van der Waals surface area contributed by atoms with E-state index in [1.165, 1.54) is 0 Å². The van der Waals surface area contributed by atoms with Crippen molar-refractivity contribution in [2.24, 2.45) is 11.8 Å². The van der Waals surface area contributed by atoms with E-state index in [-0.39, 0.29) is 17.9 Å². The van der Waals surface area contributed by atoms with Crippen LogP contribution in [0.2, 0.25) is 0 Å². The Labute approximate surface area is 120 Å². The van der Waals surface area contributed by atoms with Crippen LogP contribution in [0.1, 0.15) is 38.5 Å². The Hall–Kier alpha value is -1.10. The summed E-state index contributed by atoms with van der Waals surface area (Å²) in [4.78, 5) is 28.2. The van der Waals surface area contributed by atoms with E-state index in [1.807, 2.05) is 19.0 Å². The lowest BCUT2D eigenvalue weighted by atomic mass is 9.78. The van der Waals surface area contributed by atoms with Crippen molar-refractivity contribution >= 4 is 11.9 Å². The fraction of sp³-hybridized carbons (Fsp3) is 0.867. The number of likely N-dealkylation sites (tertiary alicyclic amines) is 1. The van der Waals surface area contributed by atoms with Crippen LogP contribution in [0.3, 0.4) is 0 Å². The molecule has 0 aromatic rings. The number of nitrogens with zero attached hydrogens (tertiary/aromatic N) is 2. The van der Waals surface area contributed by atoms with Crippen LogP contribution in [0.15, 0.2) is 0 Å². The van der Waals surface area contributed by atoms with Crippen molar-refractivity contribution < 1.29 is 14.7 Å². The zero-order valence-corrected chi connectivity index (χ0v) is 12.5. The normalized spacial score (nSPS) is 30.8. The molecular weight excluding hydrogens is 256 g/mol. The molecule has 0 bridgehead atoms. The van der Waals surface area contributed by atoms with E-state index in [4.69, 9.17) is 0 Å². The number of carboxylic acids is 1. The number of aliphatic carboxylic acids is 1. The molecule has 1 saturated carbocycles. The molecule has 0 aromatic carbocycles. The lowest BCUT2D eigenvalue weighted by Crippen LogP contribution is -2.47. The molecule has 1 heterocycles. The van der Waals surface area contributed by atoms with Gasteiger partial charge in [-0.25, -0.2) is 0 Å². The summed E-state index contributed by atoms with van der Waals surface area (Å²) in [7, 11) is 4.03. The molecule has 5 nitrogen and oxygen atoms in total.